The van der Waals surface area contributed by atoms with Gasteiger partial charge in [0.25, 0.3) is 0 Å². The van der Waals surface area contributed by atoms with Crippen molar-refractivity contribution in [3.63, 3.8) is 0 Å². The molecule has 10 heteroatoms. The molecule has 1 N–H and O–H groups in total. The number of nitrogens with one attached hydrogen (secondary N) is 1. The van der Waals surface area contributed by atoms with Crippen LogP contribution >= 0.6 is 11.3 Å². The number of benzene rings is 3. The third-order valence-corrected chi connectivity index (χ3v) is 9.47. The molecule has 9 nitrogen and oxygen atoms in total. The van der Waals surface area contributed by atoms with E-state index in [-0.39, 0.29) is 25.5 Å². The Hall–Kier alpha value is -4.25. The van der Waals surface area contributed by atoms with E-state index in [1.807, 2.05) is 86.8 Å². The molecule has 0 saturated heterocycles. The molecule has 0 bridgehead atoms. The maximum Gasteiger partial charge on any atom is 0.407 e. The second-order valence-corrected chi connectivity index (χ2v) is 14.0. The summed E-state index contributed by atoms with van der Waals surface area (Å²) >= 11 is 1.59. The lowest BCUT2D eigenvalue weighted by molar-refractivity contribution is -0.180. The van der Waals surface area contributed by atoms with Crippen LogP contribution in [-0.2, 0) is 35.1 Å². The lowest BCUT2D eigenvalue weighted by atomic mass is 9.98. The summed E-state index contributed by atoms with van der Waals surface area (Å²) < 4.78 is 24.3. The highest BCUT2D eigenvalue weighted by atomic mass is 32.1. The molecule has 2 amide bonds. The molecule has 260 valence electrons. The highest BCUT2D eigenvalue weighted by Crippen LogP contribution is 2.44. The number of hydrogen-bond donors (Lipinski definition) is 1. The van der Waals surface area contributed by atoms with Crippen molar-refractivity contribution < 1.29 is 33.3 Å². The fraction of sp³-hybridized carbons (Fsp3) is 0.410. The van der Waals surface area contributed by atoms with Crippen molar-refractivity contribution in [3.05, 3.63) is 94.9 Å². The number of thiophene rings is 1. The first-order valence-corrected chi connectivity index (χ1v) is 17.7. The molecule has 1 aromatic heterocycles. The first kappa shape index (κ1) is 36.0. The van der Waals surface area contributed by atoms with Crippen LogP contribution in [0.25, 0.3) is 21.2 Å². The first-order chi connectivity index (χ1) is 23.5. The number of carbonyl (C=O) groups is 3. The molecule has 0 saturated carbocycles. The molecule has 0 spiro atoms. The van der Waals surface area contributed by atoms with Gasteiger partial charge in [0, 0.05) is 30.4 Å². The molecule has 1 heterocycles. The van der Waals surface area contributed by atoms with Crippen LogP contribution in [0.4, 0.5) is 4.79 Å². The SMILES string of the molecule is CCOC(OCC)[C@H](C)N(Cc1csc2ccccc12)C(=O)[C@H](CC(=O)OC(C)(C)C)NC(=O)OCC1c2ccccc2-c2ccccc21. The van der Waals surface area contributed by atoms with Crippen molar-refractivity contribution >= 4 is 39.4 Å². The summed E-state index contributed by atoms with van der Waals surface area (Å²) in [5.74, 6) is -1.27. The van der Waals surface area contributed by atoms with Gasteiger partial charge in [-0.25, -0.2) is 4.79 Å². The monoisotopic (exact) mass is 686 g/mol. The number of fused-ring (bicyclic) bond motifs is 4. The smallest absolute Gasteiger partial charge is 0.407 e. The van der Waals surface area contributed by atoms with Crippen LogP contribution in [0.3, 0.4) is 0 Å². The minimum Gasteiger partial charge on any atom is -0.460 e. The fourth-order valence-electron chi connectivity index (χ4n) is 6.30. The summed E-state index contributed by atoms with van der Waals surface area (Å²) in [4.78, 5) is 43.0. The predicted octanol–water partition coefficient (Wildman–Crippen LogP) is 7.66. The van der Waals surface area contributed by atoms with Gasteiger partial charge in [-0.3, -0.25) is 9.59 Å². The number of nitrogens with zero attached hydrogens (tertiary/aromatic N) is 1. The average Bonchev–Trinajstić information content (AvgIpc) is 3.63. The quantitative estimate of drug-likeness (QED) is 0.107. The van der Waals surface area contributed by atoms with E-state index in [1.54, 1.807) is 37.0 Å². The number of amides is 2. The zero-order chi connectivity index (χ0) is 35.1. The van der Waals surface area contributed by atoms with E-state index in [9.17, 15) is 14.4 Å². The summed E-state index contributed by atoms with van der Waals surface area (Å²) in [6.45, 7) is 11.9. The minimum absolute atomic E-state index is 0.0605. The molecule has 0 unspecified atom stereocenters. The van der Waals surface area contributed by atoms with Gasteiger partial charge < -0.3 is 29.2 Å². The highest BCUT2D eigenvalue weighted by Gasteiger charge is 2.37. The molecule has 4 aromatic rings. The van der Waals surface area contributed by atoms with Crippen LogP contribution in [0.1, 0.15) is 70.6 Å². The molecule has 0 aliphatic heterocycles. The summed E-state index contributed by atoms with van der Waals surface area (Å²) in [5.41, 5.74) is 4.50. The fourth-order valence-corrected chi connectivity index (χ4v) is 7.25. The maximum absolute atomic E-state index is 14.6. The molecule has 1 aliphatic carbocycles. The Labute approximate surface area is 292 Å². The molecule has 3 aromatic carbocycles. The lowest BCUT2D eigenvalue weighted by Gasteiger charge is -2.36. The zero-order valence-electron chi connectivity index (χ0n) is 29.1. The minimum atomic E-state index is -1.28. The van der Waals surface area contributed by atoms with Gasteiger partial charge in [0.15, 0.2) is 6.29 Å². The number of hydrogen-bond acceptors (Lipinski definition) is 8. The Morgan fingerprint density at radius 1 is 0.878 bits per heavy atom. The molecule has 0 radical (unpaired) electrons. The van der Waals surface area contributed by atoms with E-state index < -0.39 is 41.9 Å². The van der Waals surface area contributed by atoms with Crippen molar-refractivity contribution in [2.45, 2.75) is 84.4 Å². The first-order valence-electron chi connectivity index (χ1n) is 16.8. The van der Waals surface area contributed by atoms with E-state index in [2.05, 4.69) is 17.4 Å². The van der Waals surface area contributed by atoms with Crippen LogP contribution in [0, 0.1) is 0 Å². The van der Waals surface area contributed by atoms with E-state index in [0.717, 1.165) is 37.9 Å². The van der Waals surface area contributed by atoms with Crippen LogP contribution in [0.2, 0.25) is 0 Å². The van der Waals surface area contributed by atoms with Crippen LogP contribution in [0.15, 0.2) is 78.2 Å². The van der Waals surface area contributed by atoms with E-state index in [1.165, 1.54) is 0 Å². The lowest BCUT2D eigenvalue weighted by Crippen LogP contribution is -2.55. The molecule has 5 rings (SSSR count). The zero-order valence-corrected chi connectivity index (χ0v) is 29.9. The van der Waals surface area contributed by atoms with Crippen LogP contribution in [0.5, 0.6) is 0 Å². The van der Waals surface area contributed by atoms with Gasteiger partial charge in [-0.1, -0.05) is 66.7 Å². The molecule has 49 heavy (non-hydrogen) atoms. The van der Waals surface area contributed by atoms with Crippen molar-refractivity contribution in [1.82, 2.24) is 10.2 Å². The Balaban J connectivity index is 1.41. The summed E-state index contributed by atoms with van der Waals surface area (Å²) in [6, 6.07) is 22.3. The second kappa shape index (κ2) is 16.0. The average molecular weight is 687 g/mol. The van der Waals surface area contributed by atoms with Crippen molar-refractivity contribution in [3.8, 4) is 11.1 Å². The molecular formula is C39H46N2O7S. The Kier molecular flexibility index (Phi) is 11.7. The van der Waals surface area contributed by atoms with E-state index in [0.29, 0.717) is 13.2 Å². The van der Waals surface area contributed by atoms with Crippen molar-refractivity contribution in [2.75, 3.05) is 19.8 Å². The third kappa shape index (κ3) is 8.68. The predicted molar refractivity (Wildman–Crippen MR) is 191 cm³/mol. The Morgan fingerprint density at radius 2 is 1.47 bits per heavy atom. The van der Waals surface area contributed by atoms with Gasteiger partial charge in [-0.05, 0) is 86.2 Å². The molecule has 0 fully saturated rings. The number of rotatable bonds is 14. The Bertz CT molecular complexity index is 1710. The third-order valence-electron chi connectivity index (χ3n) is 8.46. The second-order valence-electron chi connectivity index (χ2n) is 13.1. The highest BCUT2D eigenvalue weighted by molar-refractivity contribution is 7.17. The van der Waals surface area contributed by atoms with Crippen LogP contribution < -0.4 is 5.32 Å². The molecular weight excluding hydrogens is 641 g/mol. The van der Waals surface area contributed by atoms with Gasteiger partial charge in [-0.15, -0.1) is 11.3 Å². The molecule has 2 atom stereocenters. The van der Waals surface area contributed by atoms with Gasteiger partial charge in [0.2, 0.25) is 5.91 Å². The van der Waals surface area contributed by atoms with Crippen molar-refractivity contribution in [2.24, 2.45) is 0 Å². The number of esters is 1. The molecule has 1 aliphatic rings. The largest absolute Gasteiger partial charge is 0.460 e. The van der Waals surface area contributed by atoms with Gasteiger partial charge in [0.1, 0.15) is 18.2 Å². The van der Waals surface area contributed by atoms with Gasteiger partial charge >= 0.3 is 12.1 Å². The van der Waals surface area contributed by atoms with Crippen molar-refractivity contribution in [1.29, 1.82) is 0 Å². The number of ether oxygens (including phenoxy) is 4. The summed E-state index contributed by atoms with van der Waals surface area (Å²) in [6.07, 6.45) is -1.93. The standard InChI is InChI=1S/C39H46N2O7S/c1-7-45-37(46-8-2)25(3)41(22-26-24-49-34-20-14-13-15-27(26)34)36(43)33(21-35(42)48-39(4,5)6)40-38(44)47-23-32-30-18-11-9-16-28(30)29-17-10-12-19-31(29)32/h9-20,24-25,32-33,37H,7-8,21-23H2,1-6H3,(H,40,44)/t25-,33-/m0/s1. The Morgan fingerprint density at radius 3 is 2.08 bits per heavy atom. The van der Waals surface area contributed by atoms with E-state index >= 15 is 0 Å². The summed E-state index contributed by atoms with van der Waals surface area (Å²) in [7, 11) is 0. The van der Waals surface area contributed by atoms with Gasteiger partial charge in [-0.2, -0.15) is 0 Å². The van der Waals surface area contributed by atoms with E-state index in [4.69, 9.17) is 18.9 Å². The topological polar surface area (TPSA) is 103 Å². The summed E-state index contributed by atoms with van der Waals surface area (Å²) in [5, 5.41) is 5.78. The normalized spacial score (nSPS) is 13.9. The number of alkyl carbamates (subject to hydrolysis) is 1. The maximum atomic E-state index is 14.6. The van der Waals surface area contributed by atoms with Crippen LogP contribution in [-0.4, -0.2) is 66.7 Å². The van der Waals surface area contributed by atoms with Gasteiger partial charge in [0.05, 0.1) is 12.5 Å². The number of carbonyl (C=O) groups excluding carboxylic acids is 3.